The normalized spacial score (nSPS) is 15.8. The summed E-state index contributed by atoms with van der Waals surface area (Å²) in [7, 11) is 1.34. The Kier molecular flexibility index (Phi) is 20.6. The molecule has 0 aliphatic heterocycles. The number of phosphoric ester groups is 1. The highest BCUT2D eigenvalue weighted by Gasteiger charge is 2.25. The molecule has 0 amide bonds. The van der Waals surface area contributed by atoms with E-state index < -0.39 is 20.0 Å². The monoisotopic (exact) mass is 466 g/mol. The van der Waals surface area contributed by atoms with Crippen molar-refractivity contribution in [3.8, 4) is 0 Å². The Labute approximate surface area is 191 Å². The van der Waals surface area contributed by atoms with Crippen LogP contribution in [0.4, 0.5) is 0 Å². The molecule has 0 aliphatic rings. The standard InChI is InChI=1S/C23H51N2O5P/c1-5-6-7-8-9-10-11-12-13-14-15-16-17-18-23(26)22(24-2)21-30-31(27,28)29-20-19-25(3)4/h22-24,26H,5-21H2,1-4H3,(H,27,28)/t22-,23+/m0/s1. The maximum Gasteiger partial charge on any atom is 0.472 e. The number of hydrogen-bond donors (Lipinski definition) is 3. The van der Waals surface area contributed by atoms with Gasteiger partial charge in [0.2, 0.25) is 0 Å². The number of nitrogens with one attached hydrogen (secondary N) is 1. The number of hydrogen-bond acceptors (Lipinski definition) is 6. The number of unbranched alkanes of at least 4 members (excludes halogenated alkanes) is 12. The molecule has 0 aliphatic carbocycles. The molecule has 3 atom stereocenters. The van der Waals surface area contributed by atoms with Crippen molar-refractivity contribution < 1.29 is 23.6 Å². The van der Waals surface area contributed by atoms with Crippen LogP contribution in [0.25, 0.3) is 0 Å². The second-order valence-corrected chi connectivity index (χ2v) is 10.3. The van der Waals surface area contributed by atoms with Crippen molar-refractivity contribution in [1.29, 1.82) is 0 Å². The van der Waals surface area contributed by atoms with Crippen molar-refractivity contribution >= 4 is 7.82 Å². The topological polar surface area (TPSA) is 91.3 Å². The zero-order valence-corrected chi connectivity index (χ0v) is 21.6. The number of nitrogens with zero attached hydrogens (tertiary/aromatic N) is 1. The van der Waals surface area contributed by atoms with Gasteiger partial charge in [0.1, 0.15) is 0 Å². The Morgan fingerprint density at radius 1 is 0.871 bits per heavy atom. The summed E-state index contributed by atoms with van der Waals surface area (Å²) < 4.78 is 21.9. The van der Waals surface area contributed by atoms with Crippen molar-refractivity contribution in [3.05, 3.63) is 0 Å². The molecule has 0 saturated carbocycles. The predicted octanol–water partition coefficient (Wildman–Crippen LogP) is 5.11. The van der Waals surface area contributed by atoms with Crippen LogP contribution in [0.5, 0.6) is 0 Å². The average Bonchev–Trinajstić information content (AvgIpc) is 2.71. The van der Waals surface area contributed by atoms with Gasteiger partial charge in [-0.1, -0.05) is 90.4 Å². The molecule has 1 unspecified atom stereocenters. The second-order valence-electron chi connectivity index (χ2n) is 8.89. The Hall–Kier alpha value is -0.0100. The molecule has 0 saturated heterocycles. The molecular weight excluding hydrogens is 415 g/mol. The molecule has 0 rings (SSSR count). The molecule has 0 radical (unpaired) electrons. The van der Waals surface area contributed by atoms with Crippen LogP contribution in [0.1, 0.15) is 96.8 Å². The lowest BCUT2D eigenvalue weighted by molar-refractivity contribution is 0.0718. The summed E-state index contributed by atoms with van der Waals surface area (Å²) in [5, 5.41) is 13.3. The van der Waals surface area contributed by atoms with Crippen LogP contribution in [-0.2, 0) is 13.6 Å². The molecule has 7 nitrogen and oxygen atoms in total. The van der Waals surface area contributed by atoms with E-state index in [4.69, 9.17) is 9.05 Å². The highest BCUT2D eigenvalue weighted by molar-refractivity contribution is 7.47. The summed E-state index contributed by atoms with van der Waals surface area (Å²) in [6, 6.07) is -0.393. The van der Waals surface area contributed by atoms with Gasteiger partial charge in [-0.05, 0) is 27.6 Å². The Bertz CT molecular complexity index is 440. The first-order valence-electron chi connectivity index (χ1n) is 12.4. The van der Waals surface area contributed by atoms with Gasteiger partial charge in [0, 0.05) is 6.54 Å². The molecule has 0 spiro atoms. The van der Waals surface area contributed by atoms with E-state index >= 15 is 0 Å². The molecule has 0 bridgehead atoms. The molecule has 8 heteroatoms. The van der Waals surface area contributed by atoms with Crippen molar-refractivity contribution in [2.75, 3.05) is 40.9 Å². The average molecular weight is 467 g/mol. The number of aliphatic hydroxyl groups is 1. The van der Waals surface area contributed by atoms with Crippen LogP contribution in [-0.4, -0.2) is 67.9 Å². The summed E-state index contributed by atoms with van der Waals surface area (Å²) in [5.41, 5.74) is 0. The lowest BCUT2D eigenvalue weighted by Crippen LogP contribution is -2.41. The highest BCUT2D eigenvalue weighted by Crippen LogP contribution is 2.43. The fraction of sp³-hybridized carbons (Fsp3) is 1.00. The third-order valence-corrected chi connectivity index (χ3v) is 6.63. The van der Waals surface area contributed by atoms with Crippen molar-refractivity contribution in [2.45, 2.75) is 109 Å². The minimum absolute atomic E-state index is 0.0636. The Morgan fingerprint density at radius 3 is 1.81 bits per heavy atom. The van der Waals surface area contributed by atoms with Crippen LogP contribution in [0, 0.1) is 0 Å². The number of rotatable bonds is 23. The third kappa shape index (κ3) is 20.3. The van der Waals surface area contributed by atoms with Crippen molar-refractivity contribution in [1.82, 2.24) is 10.2 Å². The molecule has 0 heterocycles. The molecule has 31 heavy (non-hydrogen) atoms. The third-order valence-electron chi connectivity index (χ3n) is 5.65. The van der Waals surface area contributed by atoms with E-state index in [0.717, 1.165) is 12.8 Å². The van der Waals surface area contributed by atoms with E-state index in [0.29, 0.717) is 13.0 Å². The van der Waals surface area contributed by atoms with Crippen LogP contribution in [0.15, 0.2) is 0 Å². The number of likely N-dealkylation sites (N-methyl/N-ethyl adjacent to an activating group) is 2. The van der Waals surface area contributed by atoms with Gasteiger partial charge in [0.25, 0.3) is 0 Å². The zero-order valence-electron chi connectivity index (χ0n) is 20.7. The Balaban J connectivity index is 3.71. The van der Waals surface area contributed by atoms with Crippen LogP contribution in [0.2, 0.25) is 0 Å². The SMILES string of the molecule is CCCCCCCCCCCCCCC[C@@H](O)[C@H](COP(=O)(O)OCCN(C)C)NC. The quantitative estimate of drug-likeness (QED) is 0.142. The molecule has 188 valence electrons. The maximum absolute atomic E-state index is 11.9. The maximum atomic E-state index is 11.9. The van der Waals surface area contributed by atoms with Crippen LogP contribution in [0.3, 0.4) is 0 Å². The molecular formula is C23H51N2O5P. The van der Waals surface area contributed by atoms with Gasteiger partial charge in [-0.2, -0.15) is 0 Å². The number of aliphatic hydroxyl groups excluding tert-OH is 1. The van der Waals surface area contributed by atoms with Gasteiger partial charge in [0.05, 0.1) is 25.4 Å². The largest absolute Gasteiger partial charge is 0.472 e. The van der Waals surface area contributed by atoms with Gasteiger partial charge in [-0.3, -0.25) is 9.05 Å². The number of phosphoric acid groups is 1. The van der Waals surface area contributed by atoms with Crippen LogP contribution >= 0.6 is 7.82 Å². The van der Waals surface area contributed by atoms with Gasteiger partial charge in [0.15, 0.2) is 0 Å². The second kappa shape index (κ2) is 20.6. The van der Waals surface area contributed by atoms with Crippen molar-refractivity contribution in [3.63, 3.8) is 0 Å². The van der Waals surface area contributed by atoms with E-state index in [-0.39, 0.29) is 13.2 Å². The lowest BCUT2D eigenvalue weighted by atomic mass is 10.0. The molecule has 0 aromatic rings. The molecule has 0 aromatic heterocycles. The summed E-state index contributed by atoms with van der Waals surface area (Å²) in [5.74, 6) is 0. The summed E-state index contributed by atoms with van der Waals surface area (Å²) in [6.45, 7) is 2.84. The Morgan fingerprint density at radius 2 is 1.35 bits per heavy atom. The zero-order chi connectivity index (χ0) is 23.4. The van der Waals surface area contributed by atoms with Crippen molar-refractivity contribution in [2.24, 2.45) is 0 Å². The summed E-state index contributed by atoms with van der Waals surface area (Å²) in [4.78, 5) is 11.6. The fourth-order valence-electron chi connectivity index (χ4n) is 3.51. The van der Waals surface area contributed by atoms with E-state index in [1.807, 2.05) is 19.0 Å². The fourth-order valence-corrected chi connectivity index (χ4v) is 4.25. The van der Waals surface area contributed by atoms with E-state index in [9.17, 15) is 14.6 Å². The molecule has 0 aromatic carbocycles. The first-order chi connectivity index (χ1) is 14.8. The molecule has 0 fully saturated rings. The smallest absolute Gasteiger partial charge is 0.391 e. The van der Waals surface area contributed by atoms with E-state index in [1.165, 1.54) is 70.6 Å². The molecule has 3 N–H and O–H groups in total. The first kappa shape index (κ1) is 31.0. The minimum Gasteiger partial charge on any atom is -0.391 e. The minimum atomic E-state index is -4.09. The highest BCUT2D eigenvalue weighted by atomic mass is 31.2. The summed E-state index contributed by atoms with van der Waals surface area (Å²) in [6.07, 6.45) is 16.8. The summed E-state index contributed by atoms with van der Waals surface area (Å²) >= 11 is 0. The van der Waals surface area contributed by atoms with Crippen LogP contribution < -0.4 is 5.32 Å². The van der Waals surface area contributed by atoms with E-state index in [2.05, 4.69) is 12.2 Å². The van der Waals surface area contributed by atoms with Gasteiger partial charge >= 0.3 is 7.82 Å². The predicted molar refractivity (Wildman–Crippen MR) is 129 cm³/mol. The van der Waals surface area contributed by atoms with Gasteiger partial charge in [-0.15, -0.1) is 0 Å². The van der Waals surface area contributed by atoms with Gasteiger partial charge < -0.3 is 20.2 Å². The lowest BCUT2D eigenvalue weighted by Gasteiger charge is -2.23. The van der Waals surface area contributed by atoms with E-state index in [1.54, 1.807) is 7.05 Å². The van der Waals surface area contributed by atoms with Gasteiger partial charge in [-0.25, -0.2) is 4.57 Å². The first-order valence-corrected chi connectivity index (χ1v) is 13.9.